The van der Waals surface area contributed by atoms with E-state index >= 15 is 0 Å². The third-order valence-corrected chi connectivity index (χ3v) is 4.11. The van der Waals surface area contributed by atoms with Crippen LogP contribution in [0.4, 0.5) is 0 Å². The Hall–Kier alpha value is -1.84. The van der Waals surface area contributed by atoms with E-state index in [1.807, 2.05) is 37.5 Å². The summed E-state index contributed by atoms with van der Waals surface area (Å²) in [4.78, 5) is 28.1. The van der Waals surface area contributed by atoms with Crippen LogP contribution in [0.15, 0.2) is 12.1 Å². The summed E-state index contributed by atoms with van der Waals surface area (Å²) >= 11 is 0. The minimum atomic E-state index is 0.0913. The van der Waals surface area contributed by atoms with Crippen molar-refractivity contribution in [3.05, 3.63) is 34.4 Å². The molecule has 1 aliphatic rings. The quantitative estimate of drug-likeness (QED) is 0.838. The minimum Gasteiger partial charge on any atom is -0.339 e. The molecule has 0 bridgehead atoms. The lowest BCUT2D eigenvalue weighted by molar-refractivity contribution is -0.132. The van der Waals surface area contributed by atoms with Gasteiger partial charge in [-0.15, -0.1) is 0 Å². The van der Waals surface area contributed by atoms with Crippen LogP contribution in [0.25, 0.3) is 0 Å². The molecular weight excluding hydrogens is 264 g/mol. The molecule has 1 aromatic rings. The summed E-state index contributed by atoms with van der Waals surface area (Å²) in [5.74, 6) is 0.262. The number of hydrogen-bond acceptors (Lipinski definition) is 2. The molecule has 0 aliphatic carbocycles. The second kappa shape index (κ2) is 6.29. The van der Waals surface area contributed by atoms with Crippen molar-refractivity contribution in [3.8, 4) is 0 Å². The molecule has 0 spiro atoms. The van der Waals surface area contributed by atoms with Crippen LogP contribution in [-0.4, -0.2) is 47.8 Å². The molecule has 2 rings (SSSR count). The van der Waals surface area contributed by atoms with Crippen LogP contribution < -0.4 is 0 Å². The molecule has 1 fully saturated rings. The van der Waals surface area contributed by atoms with E-state index in [4.69, 9.17) is 0 Å². The Morgan fingerprint density at radius 1 is 0.952 bits per heavy atom. The summed E-state index contributed by atoms with van der Waals surface area (Å²) in [6.07, 6.45) is 0.532. The minimum absolute atomic E-state index is 0.0913. The molecule has 1 heterocycles. The summed E-state index contributed by atoms with van der Waals surface area (Å²) in [7, 11) is 0. The number of aryl methyl sites for hydroxylation is 3. The van der Waals surface area contributed by atoms with Crippen molar-refractivity contribution in [2.75, 3.05) is 26.2 Å². The van der Waals surface area contributed by atoms with Crippen LogP contribution >= 0.6 is 0 Å². The molecule has 0 saturated carbocycles. The highest BCUT2D eigenvalue weighted by Crippen LogP contribution is 2.19. The SMILES string of the molecule is CCC(=O)N1CCN(C(=O)c2c(C)cc(C)cc2C)CC1. The second-order valence-electron chi connectivity index (χ2n) is 5.80. The van der Waals surface area contributed by atoms with Gasteiger partial charge < -0.3 is 9.80 Å². The Bertz CT molecular complexity index is 535. The molecule has 0 radical (unpaired) electrons. The lowest BCUT2D eigenvalue weighted by Crippen LogP contribution is -2.50. The van der Waals surface area contributed by atoms with E-state index in [1.54, 1.807) is 0 Å². The Balaban J connectivity index is 2.11. The van der Waals surface area contributed by atoms with Crippen LogP contribution in [0.2, 0.25) is 0 Å². The van der Waals surface area contributed by atoms with Crippen molar-refractivity contribution in [3.63, 3.8) is 0 Å². The van der Waals surface area contributed by atoms with Gasteiger partial charge in [-0.25, -0.2) is 0 Å². The van der Waals surface area contributed by atoms with Crippen LogP contribution in [0.1, 0.15) is 40.4 Å². The van der Waals surface area contributed by atoms with Crippen molar-refractivity contribution in [2.24, 2.45) is 0 Å². The zero-order valence-corrected chi connectivity index (χ0v) is 13.4. The molecule has 0 N–H and O–H groups in total. The van der Waals surface area contributed by atoms with Gasteiger partial charge in [0.25, 0.3) is 5.91 Å². The number of piperazine rings is 1. The number of amides is 2. The normalized spacial score (nSPS) is 15.2. The lowest BCUT2D eigenvalue weighted by atomic mass is 9.98. The summed E-state index contributed by atoms with van der Waals surface area (Å²) in [6, 6.07) is 4.11. The van der Waals surface area contributed by atoms with Gasteiger partial charge in [-0.05, 0) is 31.9 Å². The smallest absolute Gasteiger partial charge is 0.254 e. The van der Waals surface area contributed by atoms with E-state index in [2.05, 4.69) is 12.1 Å². The van der Waals surface area contributed by atoms with Crippen molar-refractivity contribution in [1.82, 2.24) is 9.80 Å². The maximum Gasteiger partial charge on any atom is 0.254 e. The zero-order valence-electron chi connectivity index (χ0n) is 13.4. The highest BCUT2D eigenvalue weighted by atomic mass is 16.2. The number of carbonyl (C=O) groups is 2. The topological polar surface area (TPSA) is 40.6 Å². The van der Waals surface area contributed by atoms with Gasteiger partial charge in [-0.3, -0.25) is 9.59 Å². The molecule has 1 aliphatic heterocycles. The highest BCUT2D eigenvalue weighted by Gasteiger charge is 2.25. The van der Waals surface area contributed by atoms with Crippen LogP contribution in [0.5, 0.6) is 0 Å². The summed E-state index contributed by atoms with van der Waals surface area (Å²) in [6.45, 7) is 10.4. The largest absolute Gasteiger partial charge is 0.339 e. The lowest BCUT2D eigenvalue weighted by Gasteiger charge is -2.35. The van der Waals surface area contributed by atoms with Crippen LogP contribution in [0.3, 0.4) is 0 Å². The van der Waals surface area contributed by atoms with Crippen LogP contribution in [-0.2, 0) is 4.79 Å². The van der Waals surface area contributed by atoms with E-state index in [0.29, 0.717) is 32.6 Å². The summed E-state index contributed by atoms with van der Waals surface area (Å²) in [5, 5.41) is 0. The number of hydrogen-bond donors (Lipinski definition) is 0. The van der Waals surface area contributed by atoms with Crippen molar-refractivity contribution < 1.29 is 9.59 Å². The number of carbonyl (C=O) groups excluding carboxylic acids is 2. The average Bonchev–Trinajstić information content (AvgIpc) is 2.45. The molecule has 0 atom stereocenters. The molecule has 4 heteroatoms. The number of benzene rings is 1. The van der Waals surface area contributed by atoms with E-state index in [0.717, 1.165) is 16.7 Å². The Kier molecular flexibility index (Phi) is 4.66. The summed E-state index contributed by atoms with van der Waals surface area (Å²) in [5.41, 5.74) is 4.06. The van der Waals surface area contributed by atoms with Crippen molar-refractivity contribution >= 4 is 11.8 Å². The van der Waals surface area contributed by atoms with E-state index in [1.165, 1.54) is 5.56 Å². The Morgan fingerprint density at radius 2 is 1.43 bits per heavy atom. The van der Waals surface area contributed by atoms with Crippen molar-refractivity contribution in [2.45, 2.75) is 34.1 Å². The monoisotopic (exact) mass is 288 g/mol. The maximum atomic E-state index is 12.7. The first-order valence-electron chi connectivity index (χ1n) is 7.59. The fourth-order valence-corrected chi connectivity index (χ4v) is 3.06. The molecule has 0 unspecified atom stereocenters. The number of rotatable bonds is 2. The Morgan fingerprint density at radius 3 is 1.90 bits per heavy atom. The Labute approximate surface area is 126 Å². The fraction of sp³-hybridized carbons (Fsp3) is 0.529. The van der Waals surface area contributed by atoms with Gasteiger partial charge in [0.05, 0.1) is 0 Å². The molecule has 21 heavy (non-hydrogen) atoms. The van der Waals surface area contributed by atoms with Gasteiger partial charge in [0.2, 0.25) is 5.91 Å². The average molecular weight is 288 g/mol. The molecule has 2 amide bonds. The zero-order chi connectivity index (χ0) is 15.6. The highest BCUT2D eigenvalue weighted by molar-refractivity contribution is 5.97. The third-order valence-electron chi connectivity index (χ3n) is 4.11. The molecule has 4 nitrogen and oxygen atoms in total. The van der Waals surface area contributed by atoms with Gasteiger partial charge in [0.15, 0.2) is 0 Å². The second-order valence-corrected chi connectivity index (χ2v) is 5.80. The summed E-state index contributed by atoms with van der Waals surface area (Å²) < 4.78 is 0. The third kappa shape index (κ3) is 3.26. The van der Waals surface area contributed by atoms with Gasteiger partial charge in [-0.2, -0.15) is 0 Å². The standard InChI is InChI=1S/C17H24N2O2/c1-5-15(20)18-6-8-19(9-7-18)17(21)16-13(3)10-12(2)11-14(16)4/h10-11H,5-9H2,1-4H3. The van der Waals surface area contributed by atoms with Gasteiger partial charge in [0, 0.05) is 38.2 Å². The molecular formula is C17H24N2O2. The molecule has 0 aromatic heterocycles. The maximum absolute atomic E-state index is 12.7. The van der Waals surface area contributed by atoms with E-state index in [9.17, 15) is 9.59 Å². The van der Waals surface area contributed by atoms with E-state index in [-0.39, 0.29) is 11.8 Å². The first kappa shape index (κ1) is 15.5. The molecule has 1 saturated heterocycles. The van der Waals surface area contributed by atoms with Gasteiger partial charge >= 0.3 is 0 Å². The predicted molar refractivity (Wildman–Crippen MR) is 83.4 cm³/mol. The fourth-order valence-electron chi connectivity index (χ4n) is 3.06. The first-order chi connectivity index (χ1) is 9.93. The van der Waals surface area contributed by atoms with Gasteiger partial charge in [-0.1, -0.05) is 24.6 Å². The molecule has 1 aromatic carbocycles. The predicted octanol–water partition coefficient (Wildman–Crippen LogP) is 2.31. The van der Waals surface area contributed by atoms with Gasteiger partial charge in [0.1, 0.15) is 0 Å². The number of nitrogens with zero attached hydrogens (tertiary/aromatic N) is 2. The first-order valence-corrected chi connectivity index (χ1v) is 7.59. The van der Waals surface area contributed by atoms with Crippen molar-refractivity contribution in [1.29, 1.82) is 0 Å². The van der Waals surface area contributed by atoms with E-state index < -0.39 is 0 Å². The van der Waals surface area contributed by atoms with Crippen LogP contribution in [0, 0.1) is 20.8 Å². The molecule has 114 valence electrons.